The fraction of sp³-hybridized carbons (Fsp3) is 0.273. The van der Waals surface area contributed by atoms with Crippen LogP contribution in [0.3, 0.4) is 0 Å². The number of ether oxygens (including phenoxy) is 1. The Morgan fingerprint density at radius 3 is 2.71 bits per heavy atom. The Kier molecular flexibility index (Phi) is 2.08. The zero-order chi connectivity index (χ0) is 10.1. The maximum Gasteiger partial charge on any atom is 0.346 e. The molecular weight excluding hydrogens is 180 g/mol. The number of benzene rings is 1. The van der Waals surface area contributed by atoms with E-state index in [0.29, 0.717) is 12.0 Å². The molecule has 1 aliphatic heterocycles. The molecule has 72 valence electrons. The topological polar surface area (TPSA) is 43.4 Å². The summed E-state index contributed by atoms with van der Waals surface area (Å²) in [6.45, 7) is 1.90. The molecule has 0 amide bonds. The summed E-state index contributed by atoms with van der Waals surface area (Å²) in [6, 6.07) is 7.09. The second-order valence-electron chi connectivity index (χ2n) is 3.26. The van der Waals surface area contributed by atoms with Gasteiger partial charge in [-0.2, -0.15) is 0 Å². The van der Waals surface area contributed by atoms with E-state index in [0.717, 1.165) is 5.56 Å². The maximum atomic E-state index is 11.4. The van der Waals surface area contributed by atoms with E-state index >= 15 is 0 Å². The smallest absolute Gasteiger partial charge is 0.346 e. The van der Waals surface area contributed by atoms with Gasteiger partial charge in [-0.15, -0.1) is 0 Å². The van der Waals surface area contributed by atoms with Crippen molar-refractivity contribution in [1.82, 2.24) is 0 Å². The number of fused-ring (bicyclic) bond motifs is 1. The van der Waals surface area contributed by atoms with Crippen molar-refractivity contribution in [1.29, 1.82) is 0 Å². The number of cyclic esters (lactones) is 2. The summed E-state index contributed by atoms with van der Waals surface area (Å²) in [7, 11) is 0. The number of carbonyl (C=O) groups is 2. The molecule has 0 aromatic heterocycles. The zero-order valence-electron chi connectivity index (χ0n) is 7.82. The van der Waals surface area contributed by atoms with Crippen LogP contribution >= 0.6 is 0 Å². The first kappa shape index (κ1) is 8.94. The lowest BCUT2D eigenvalue weighted by atomic mass is 9.90. The normalized spacial score (nSPS) is 20.2. The van der Waals surface area contributed by atoms with Crippen LogP contribution in [0, 0.1) is 0 Å². The largest absolute Gasteiger partial charge is 0.389 e. The molecule has 0 aliphatic carbocycles. The zero-order valence-corrected chi connectivity index (χ0v) is 7.82. The summed E-state index contributed by atoms with van der Waals surface area (Å²) in [5.41, 5.74) is 1.30. The second kappa shape index (κ2) is 3.25. The van der Waals surface area contributed by atoms with E-state index in [-0.39, 0.29) is 5.92 Å². The molecule has 0 saturated heterocycles. The van der Waals surface area contributed by atoms with Gasteiger partial charge < -0.3 is 4.74 Å². The fourth-order valence-corrected chi connectivity index (χ4v) is 1.72. The highest BCUT2D eigenvalue weighted by molar-refractivity contribution is 6.04. The minimum atomic E-state index is -0.532. The van der Waals surface area contributed by atoms with E-state index in [2.05, 4.69) is 4.74 Å². The minimum absolute atomic E-state index is 0.288. The van der Waals surface area contributed by atoms with Crippen LogP contribution < -0.4 is 0 Å². The average Bonchev–Trinajstić information content (AvgIpc) is 2.18. The van der Waals surface area contributed by atoms with Crippen LogP contribution in [-0.2, 0) is 9.53 Å². The first-order valence-corrected chi connectivity index (χ1v) is 4.59. The van der Waals surface area contributed by atoms with E-state index in [1.807, 2.05) is 19.1 Å². The number of esters is 2. The molecule has 0 bridgehead atoms. The Morgan fingerprint density at radius 1 is 1.29 bits per heavy atom. The Balaban J connectivity index is 2.56. The van der Waals surface area contributed by atoms with Crippen molar-refractivity contribution in [2.24, 2.45) is 0 Å². The van der Waals surface area contributed by atoms with Crippen molar-refractivity contribution in [2.45, 2.75) is 19.3 Å². The highest BCUT2D eigenvalue weighted by Crippen LogP contribution is 2.29. The van der Waals surface area contributed by atoms with Crippen molar-refractivity contribution < 1.29 is 14.3 Å². The van der Waals surface area contributed by atoms with Gasteiger partial charge in [0.15, 0.2) is 0 Å². The third-order valence-corrected chi connectivity index (χ3v) is 2.44. The van der Waals surface area contributed by atoms with Crippen LogP contribution in [0.5, 0.6) is 0 Å². The Hall–Kier alpha value is -1.64. The molecule has 0 fully saturated rings. The molecule has 3 heteroatoms. The monoisotopic (exact) mass is 190 g/mol. The minimum Gasteiger partial charge on any atom is -0.389 e. The van der Waals surface area contributed by atoms with Crippen molar-refractivity contribution in [3.8, 4) is 0 Å². The number of rotatable bonds is 1. The van der Waals surface area contributed by atoms with E-state index in [1.54, 1.807) is 12.1 Å². The number of carbonyl (C=O) groups excluding carboxylic acids is 2. The van der Waals surface area contributed by atoms with Crippen molar-refractivity contribution in [3.63, 3.8) is 0 Å². The predicted octanol–water partition coefficient (Wildman–Crippen LogP) is 1.88. The van der Waals surface area contributed by atoms with Gasteiger partial charge in [-0.05, 0) is 18.1 Å². The molecule has 1 aliphatic rings. The van der Waals surface area contributed by atoms with Gasteiger partial charge in [-0.1, -0.05) is 25.1 Å². The van der Waals surface area contributed by atoms with Crippen molar-refractivity contribution in [2.75, 3.05) is 0 Å². The van der Waals surface area contributed by atoms with Crippen LogP contribution in [0.1, 0.15) is 35.2 Å². The highest BCUT2D eigenvalue weighted by atomic mass is 16.6. The summed E-state index contributed by atoms with van der Waals surface area (Å²) in [5, 5.41) is 0. The molecule has 0 saturated carbocycles. The Bertz CT molecular complexity index is 395. The standard InChI is InChI=1S/C11H10O3/c1-2-7-8-5-3-4-6-9(8)11(13)14-10(7)12/h3-7H,2H2,1H3/t7-/m0/s1. The van der Waals surface area contributed by atoms with E-state index in [9.17, 15) is 9.59 Å². The molecule has 14 heavy (non-hydrogen) atoms. The third-order valence-electron chi connectivity index (χ3n) is 2.44. The Morgan fingerprint density at radius 2 is 2.00 bits per heavy atom. The number of hydrogen-bond acceptors (Lipinski definition) is 3. The van der Waals surface area contributed by atoms with E-state index < -0.39 is 11.9 Å². The van der Waals surface area contributed by atoms with Gasteiger partial charge in [0.1, 0.15) is 0 Å². The molecule has 0 radical (unpaired) electrons. The quantitative estimate of drug-likeness (QED) is 0.501. The molecule has 0 spiro atoms. The SMILES string of the molecule is CC[C@@H]1C(=O)OC(=O)c2ccccc21. The van der Waals surface area contributed by atoms with Gasteiger partial charge in [-0.3, -0.25) is 4.79 Å². The summed E-state index contributed by atoms with van der Waals surface area (Å²) in [6.07, 6.45) is 0.656. The molecule has 3 nitrogen and oxygen atoms in total. The molecule has 0 N–H and O–H groups in total. The lowest BCUT2D eigenvalue weighted by Crippen LogP contribution is -2.27. The van der Waals surface area contributed by atoms with Crippen LogP contribution in [0.2, 0.25) is 0 Å². The molecular formula is C11H10O3. The van der Waals surface area contributed by atoms with Crippen LogP contribution in [-0.4, -0.2) is 11.9 Å². The van der Waals surface area contributed by atoms with Gasteiger partial charge in [0.2, 0.25) is 0 Å². The van der Waals surface area contributed by atoms with E-state index in [4.69, 9.17) is 0 Å². The second-order valence-corrected chi connectivity index (χ2v) is 3.26. The number of hydrogen-bond donors (Lipinski definition) is 0. The van der Waals surface area contributed by atoms with Crippen LogP contribution in [0.4, 0.5) is 0 Å². The van der Waals surface area contributed by atoms with Crippen molar-refractivity contribution >= 4 is 11.9 Å². The molecule has 1 heterocycles. The van der Waals surface area contributed by atoms with Crippen molar-refractivity contribution in [3.05, 3.63) is 35.4 Å². The predicted molar refractivity (Wildman–Crippen MR) is 49.9 cm³/mol. The lowest BCUT2D eigenvalue weighted by Gasteiger charge is -2.21. The summed E-state index contributed by atoms with van der Waals surface area (Å²) in [4.78, 5) is 22.7. The molecule has 2 rings (SSSR count). The van der Waals surface area contributed by atoms with Gasteiger partial charge >= 0.3 is 11.9 Å². The van der Waals surface area contributed by atoms with E-state index in [1.165, 1.54) is 0 Å². The highest BCUT2D eigenvalue weighted by Gasteiger charge is 2.32. The Labute approximate surface area is 81.7 Å². The van der Waals surface area contributed by atoms with Gasteiger partial charge in [-0.25, -0.2) is 4.79 Å². The van der Waals surface area contributed by atoms with Gasteiger partial charge in [0.25, 0.3) is 0 Å². The summed E-state index contributed by atoms with van der Waals surface area (Å²) >= 11 is 0. The summed E-state index contributed by atoms with van der Waals surface area (Å²) < 4.78 is 4.64. The molecule has 1 atom stereocenters. The van der Waals surface area contributed by atoms with Crippen LogP contribution in [0.25, 0.3) is 0 Å². The van der Waals surface area contributed by atoms with Gasteiger partial charge in [0.05, 0.1) is 11.5 Å². The first-order chi connectivity index (χ1) is 6.74. The first-order valence-electron chi connectivity index (χ1n) is 4.59. The third kappa shape index (κ3) is 1.21. The summed E-state index contributed by atoms with van der Waals surface area (Å²) in [5.74, 6) is -1.25. The lowest BCUT2D eigenvalue weighted by molar-refractivity contribution is -0.140. The fourth-order valence-electron chi connectivity index (χ4n) is 1.72. The average molecular weight is 190 g/mol. The van der Waals surface area contributed by atoms with Gasteiger partial charge in [0, 0.05) is 0 Å². The molecule has 1 aromatic carbocycles. The molecule has 0 unspecified atom stereocenters. The maximum absolute atomic E-state index is 11.4. The van der Waals surface area contributed by atoms with Crippen LogP contribution in [0.15, 0.2) is 24.3 Å². The molecule has 1 aromatic rings.